The van der Waals surface area contributed by atoms with Gasteiger partial charge in [-0.05, 0) is 24.8 Å². The highest BCUT2D eigenvalue weighted by molar-refractivity contribution is 5.28. The molecular formula is C13H16O. The molecule has 0 saturated carbocycles. The smallest absolute Gasteiger partial charge is 0.111 e. The number of allylic oxidation sites excluding steroid dienone is 1. The molecule has 0 aromatic heterocycles. The summed E-state index contributed by atoms with van der Waals surface area (Å²) in [6.45, 7) is 0. The van der Waals surface area contributed by atoms with Crippen LogP contribution < -0.4 is 0 Å². The maximum Gasteiger partial charge on any atom is 0.111 e. The van der Waals surface area contributed by atoms with E-state index in [4.69, 9.17) is 4.74 Å². The van der Waals surface area contributed by atoms with Gasteiger partial charge >= 0.3 is 0 Å². The number of benzene rings is 1. The van der Waals surface area contributed by atoms with Crippen molar-refractivity contribution < 1.29 is 4.74 Å². The number of hydrogen-bond acceptors (Lipinski definition) is 1. The van der Waals surface area contributed by atoms with Crippen molar-refractivity contribution in [1.82, 2.24) is 0 Å². The first kappa shape index (κ1) is 9.47. The van der Waals surface area contributed by atoms with Gasteiger partial charge < -0.3 is 4.74 Å². The quantitative estimate of drug-likeness (QED) is 0.647. The molecule has 0 radical (unpaired) electrons. The Bertz CT molecular complexity index is 315. The Kier molecular flexibility index (Phi) is 2.69. The van der Waals surface area contributed by atoms with Crippen molar-refractivity contribution in [3.8, 4) is 0 Å². The molecule has 0 fully saturated rings. The van der Waals surface area contributed by atoms with E-state index in [1.54, 1.807) is 7.11 Å². The zero-order chi connectivity index (χ0) is 9.86. The predicted octanol–water partition coefficient (Wildman–Crippen LogP) is 3.27. The van der Waals surface area contributed by atoms with Gasteiger partial charge in [0.15, 0.2) is 0 Å². The first-order chi connectivity index (χ1) is 6.87. The van der Waals surface area contributed by atoms with Crippen molar-refractivity contribution in [3.05, 3.63) is 48.0 Å². The lowest BCUT2D eigenvalue weighted by atomic mass is 9.84. The Balaban J connectivity index is 2.37. The maximum absolute atomic E-state index is 5.68. The van der Waals surface area contributed by atoms with E-state index < -0.39 is 0 Å². The van der Waals surface area contributed by atoms with Crippen LogP contribution in [0.1, 0.15) is 24.8 Å². The summed E-state index contributed by atoms with van der Waals surface area (Å²) in [7, 11) is 1.79. The summed E-state index contributed by atoms with van der Waals surface area (Å²) in [5.41, 5.74) is 1.10. The highest BCUT2D eigenvalue weighted by Crippen LogP contribution is 2.35. The van der Waals surface area contributed by atoms with Crippen LogP contribution in [0.15, 0.2) is 42.5 Å². The summed E-state index contributed by atoms with van der Waals surface area (Å²) < 4.78 is 5.68. The third kappa shape index (κ3) is 1.60. The first-order valence-electron chi connectivity index (χ1n) is 5.16. The van der Waals surface area contributed by atoms with Gasteiger partial charge in [-0.3, -0.25) is 0 Å². The Labute approximate surface area is 85.4 Å². The van der Waals surface area contributed by atoms with Crippen LogP contribution in [-0.4, -0.2) is 7.11 Å². The first-order valence-corrected chi connectivity index (χ1v) is 5.16. The third-order valence-corrected chi connectivity index (χ3v) is 2.93. The van der Waals surface area contributed by atoms with Gasteiger partial charge in [-0.2, -0.15) is 0 Å². The summed E-state index contributed by atoms with van der Waals surface area (Å²) in [5, 5.41) is 0. The van der Waals surface area contributed by atoms with Crippen LogP contribution in [0.3, 0.4) is 0 Å². The monoisotopic (exact) mass is 188 g/mol. The standard InChI is InChI=1S/C13H16O/c1-14-13(10-6-3-7-11-13)12-8-4-2-5-9-12/h2,4-6,8-10H,3,7,11H2,1H3. The van der Waals surface area contributed by atoms with Crippen molar-refractivity contribution >= 4 is 0 Å². The highest BCUT2D eigenvalue weighted by Gasteiger charge is 2.29. The van der Waals surface area contributed by atoms with Crippen LogP contribution in [-0.2, 0) is 10.3 Å². The molecule has 1 heteroatoms. The molecule has 1 aromatic rings. The molecule has 1 aromatic carbocycles. The molecule has 0 heterocycles. The van der Waals surface area contributed by atoms with Crippen molar-refractivity contribution in [2.24, 2.45) is 0 Å². The van der Waals surface area contributed by atoms with Crippen LogP contribution >= 0.6 is 0 Å². The summed E-state index contributed by atoms with van der Waals surface area (Å²) in [4.78, 5) is 0. The highest BCUT2D eigenvalue weighted by atomic mass is 16.5. The second-order valence-corrected chi connectivity index (χ2v) is 3.75. The van der Waals surface area contributed by atoms with Crippen molar-refractivity contribution in [3.63, 3.8) is 0 Å². The fraction of sp³-hybridized carbons (Fsp3) is 0.385. The number of rotatable bonds is 2. The molecule has 0 aliphatic heterocycles. The van der Waals surface area contributed by atoms with Crippen LogP contribution in [0.4, 0.5) is 0 Å². The average molecular weight is 188 g/mol. The lowest BCUT2D eigenvalue weighted by molar-refractivity contribution is 0.0162. The number of ether oxygens (including phenoxy) is 1. The van der Waals surface area contributed by atoms with Crippen LogP contribution in [0, 0.1) is 0 Å². The average Bonchev–Trinajstić information content (AvgIpc) is 2.31. The molecule has 2 rings (SSSR count). The molecule has 0 spiro atoms. The van der Waals surface area contributed by atoms with Gasteiger partial charge in [0.25, 0.3) is 0 Å². The molecule has 1 nitrogen and oxygen atoms in total. The van der Waals surface area contributed by atoms with Crippen molar-refractivity contribution in [2.45, 2.75) is 24.9 Å². The SMILES string of the molecule is COC1(c2ccccc2)C=CCCC1. The van der Waals surface area contributed by atoms with Crippen molar-refractivity contribution in [2.75, 3.05) is 7.11 Å². The number of hydrogen-bond donors (Lipinski definition) is 0. The van der Waals surface area contributed by atoms with Crippen molar-refractivity contribution in [1.29, 1.82) is 0 Å². The minimum atomic E-state index is -0.167. The topological polar surface area (TPSA) is 9.23 Å². The minimum absolute atomic E-state index is 0.167. The van der Waals surface area contributed by atoms with Crippen LogP contribution in [0.25, 0.3) is 0 Å². The molecule has 14 heavy (non-hydrogen) atoms. The molecule has 74 valence electrons. The lowest BCUT2D eigenvalue weighted by Gasteiger charge is -2.32. The molecule has 0 N–H and O–H groups in total. The molecule has 0 amide bonds. The Morgan fingerprint density at radius 2 is 2.00 bits per heavy atom. The van der Waals surface area contributed by atoms with Crippen LogP contribution in [0.5, 0.6) is 0 Å². The van der Waals surface area contributed by atoms with Gasteiger partial charge in [-0.1, -0.05) is 42.5 Å². The Morgan fingerprint density at radius 3 is 2.57 bits per heavy atom. The Hall–Kier alpha value is -1.08. The largest absolute Gasteiger partial charge is 0.369 e. The summed E-state index contributed by atoms with van der Waals surface area (Å²) in [6, 6.07) is 10.5. The fourth-order valence-electron chi connectivity index (χ4n) is 2.09. The normalized spacial score (nSPS) is 26.4. The van der Waals surface area contributed by atoms with Gasteiger partial charge in [0.1, 0.15) is 5.60 Å². The van der Waals surface area contributed by atoms with Gasteiger partial charge in [-0.25, -0.2) is 0 Å². The third-order valence-electron chi connectivity index (χ3n) is 2.93. The van der Waals surface area contributed by atoms with E-state index in [0.717, 1.165) is 6.42 Å². The fourth-order valence-corrected chi connectivity index (χ4v) is 2.09. The summed E-state index contributed by atoms with van der Waals surface area (Å²) in [5.74, 6) is 0. The number of methoxy groups -OCH3 is 1. The van der Waals surface area contributed by atoms with E-state index >= 15 is 0 Å². The maximum atomic E-state index is 5.68. The van der Waals surface area contributed by atoms with E-state index in [0.29, 0.717) is 0 Å². The lowest BCUT2D eigenvalue weighted by Crippen LogP contribution is -2.27. The summed E-state index contributed by atoms with van der Waals surface area (Å²) >= 11 is 0. The van der Waals surface area contributed by atoms with Crippen LogP contribution in [0.2, 0.25) is 0 Å². The van der Waals surface area contributed by atoms with E-state index in [1.165, 1.54) is 18.4 Å². The summed E-state index contributed by atoms with van der Waals surface area (Å²) in [6.07, 6.45) is 7.90. The molecule has 0 bridgehead atoms. The zero-order valence-corrected chi connectivity index (χ0v) is 8.57. The van der Waals surface area contributed by atoms with Gasteiger partial charge in [0.05, 0.1) is 0 Å². The van der Waals surface area contributed by atoms with E-state index in [1.807, 2.05) is 6.07 Å². The zero-order valence-electron chi connectivity index (χ0n) is 8.57. The second-order valence-electron chi connectivity index (χ2n) is 3.75. The molecule has 1 unspecified atom stereocenters. The molecule has 1 atom stereocenters. The predicted molar refractivity (Wildman–Crippen MR) is 58.1 cm³/mol. The van der Waals surface area contributed by atoms with E-state index in [-0.39, 0.29) is 5.60 Å². The molecular weight excluding hydrogens is 172 g/mol. The van der Waals surface area contributed by atoms with E-state index in [2.05, 4.69) is 36.4 Å². The molecule has 1 aliphatic carbocycles. The molecule has 0 saturated heterocycles. The Morgan fingerprint density at radius 1 is 1.21 bits per heavy atom. The van der Waals surface area contributed by atoms with Gasteiger partial charge in [-0.15, -0.1) is 0 Å². The minimum Gasteiger partial charge on any atom is -0.369 e. The van der Waals surface area contributed by atoms with Gasteiger partial charge in [0, 0.05) is 7.11 Å². The molecule has 1 aliphatic rings. The van der Waals surface area contributed by atoms with Gasteiger partial charge in [0.2, 0.25) is 0 Å². The van der Waals surface area contributed by atoms with E-state index in [9.17, 15) is 0 Å². The second kappa shape index (κ2) is 3.97.